The molecule has 1 aliphatic rings. The summed E-state index contributed by atoms with van der Waals surface area (Å²) in [6, 6.07) is 1.24. The summed E-state index contributed by atoms with van der Waals surface area (Å²) in [7, 11) is 3.71. The van der Waals surface area contributed by atoms with Gasteiger partial charge in [0.25, 0.3) is 5.69 Å². The molecule has 1 heterocycles. The van der Waals surface area contributed by atoms with Crippen molar-refractivity contribution in [3.05, 3.63) is 37.4 Å². The van der Waals surface area contributed by atoms with Crippen molar-refractivity contribution in [2.75, 3.05) is 38.6 Å². The fraction of sp³-hybridized carbons (Fsp3) is 0.625. The van der Waals surface area contributed by atoms with Gasteiger partial charge in [-0.15, -0.1) is 0 Å². The molecule has 0 aliphatic carbocycles. The lowest BCUT2D eigenvalue weighted by Crippen LogP contribution is -2.36. The van der Waals surface area contributed by atoms with E-state index < -0.39 is 16.5 Å². The number of likely N-dealkylation sites (tertiary alicyclic amines) is 1. The van der Waals surface area contributed by atoms with Crippen molar-refractivity contribution in [1.82, 2.24) is 4.90 Å². The van der Waals surface area contributed by atoms with Gasteiger partial charge in [0.15, 0.2) is 5.69 Å². The van der Waals surface area contributed by atoms with E-state index in [1.807, 2.05) is 7.05 Å². The summed E-state index contributed by atoms with van der Waals surface area (Å²) in [5.41, 5.74) is -0.146. The van der Waals surface area contributed by atoms with Crippen molar-refractivity contribution in [3.63, 3.8) is 0 Å². The summed E-state index contributed by atoms with van der Waals surface area (Å²) >= 11 is 0. The monoisotopic (exact) mass is 352 g/mol. The Labute approximate surface area is 146 Å². The number of nitro benzene ring substituents is 2. The third-order valence-electron chi connectivity index (χ3n) is 4.92. The second-order valence-electron chi connectivity index (χ2n) is 6.68. The molecule has 0 aromatic heterocycles. The Hall–Kier alpha value is -2.26. The number of piperidine rings is 1. The molecule has 1 N–H and O–H groups in total. The van der Waals surface area contributed by atoms with E-state index in [9.17, 15) is 25.3 Å². The van der Waals surface area contributed by atoms with Gasteiger partial charge in [-0.2, -0.15) is 0 Å². The minimum Gasteiger partial charge on any atom is -0.392 e. The molecule has 0 unspecified atom stereocenters. The third kappa shape index (κ3) is 4.05. The lowest BCUT2D eigenvalue weighted by molar-refractivity contribution is -0.393. The zero-order valence-corrected chi connectivity index (χ0v) is 14.8. The van der Waals surface area contributed by atoms with E-state index in [-0.39, 0.29) is 28.2 Å². The molecule has 0 saturated carbocycles. The van der Waals surface area contributed by atoms with Crippen LogP contribution in [0, 0.1) is 33.1 Å². The second-order valence-corrected chi connectivity index (χ2v) is 6.68. The third-order valence-corrected chi connectivity index (χ3v) is 4.92. The van der Waals surface area contributed by atoms with Crippen molar-refractivity contribution < 1.29 is 15.0 Å². The number of benzene rings is 1. The van der Waals surface area contributed by atoms with Crippen LogP contribution in [0.5, 0.6) is 0 Å². The van der Waals surface area contributed by atoms with Gasteiger partial charge in [-0.3, -0.25) is 20.2 Å². The highest BCUT2D eigenvalue weighted by molar-refractivity contribution is 5.78. The topological polar surface area (TPSA) is 113 Å². The molecule has 2 rings (SSSR count). The number of hydrogen-bond donors (Lipinski definition) is 1. The first kappa shape index (κ1) is 19.1. The van der Waals surface area contributed by atoms with Crippen molar-refractivity contribution in [2.24, 2.45) is 5.92 Å². The van der Waals surface area contributed by atoms with E-state index in [4.69, 9.17) is 0 Å². The van der Waals surface area contributed by atoms with Crippen molar-refractivity contribution in [2.45, 2.75) is 26.4 Å². The molecule has 1 aliphatic heterocycles. The van der Waals surface area contributed by atoms with E-state index in [2.05, 4.69) is 4.90 Å². The largest absolute Gasteiger partial charge is 0.392 e. The smallest absolute Gasteiger partial charge is 0.302 e. The first-order valence-electron chi connectivity index (χ1n) is 8.22. The average molecular weight is 352 g/mol. The highest BCUT2D eigenvalue weighted by atomic mass is 16.6. The molecule has 25 heavy (non-hydrogen) atoms. The first-order chi connectivity index (χ1) is 11.8. The quantitative estimate of drug-likeness (QED) is 0.616. The molecule has 1 aromatic carbocycles. The molecule has 9 nitrogen and oxygen atoms in total. The molecule has 1 fully saturated rings. The predicted octanol–water partition coefficient (Wildman–Crippen LogP) is 2.08. The highest BCUT2D eigenvalue weighted by Gasteiger charge is 2.33. The summed E-state index contributed by atoms with van der Waals surface area (Å²) in [5, 5.41) is 32.5. The molecule has 0 atom stereocenters. The van der Waals surface area contributed by atoms with Crippen molar-refractivity contribution in [1.29, 1.82) is 0 Å². The van der Waals surface area contributed by atoms with Gasteiger partial charge in [0.2, 0.25) is 0 Å². The Morgan fingerprint density at radius 2 is 1.88 bits per heavy atom. The van der Waals surface area contributed by atoms with E-state index >= 15 is 0 Å². The van der Waals surface area contributed by atoms with Crippen LogP contribution in [-0.2, 0) is 6.61 Å². The van der Waals surface area contributed by atoms with Crippen molar-refractivity contribution >= 4 is 17.1 Å². The average Bonchev–Trinajstić information content (AvgIpc) is 2.55. The lowest BCUT2D eigenvalue weighted by Gasteiger charge is -2.32. The Morgan fingerprint density at radius 1 is 1.28 bits per heavy atom. The summed E-state index contributed by atoms with van der Waals surface area (Å²) in [6.07, 6.45) is 1.91. The van der Waals surface area contributed by atoms with Crippen LogP contribution in [0.15, 0.2) is 6.07 Å². The number of nitrogens with zero attached hydrogens (tertiary/aromatic N) is 4. The van der Waals surface area contributed by atoms with Gasteiger partial charge in [0, 0.05) is 25.2 Å². The van der Waals surface area contributed by atoms with Crippen LogP contribution in [0.3, 0.4) is 0 Å². The molecular formula is C16H24N4O5. The Balaban J connectivity index is 2.44. The number of anilines is 1. The summed E-state index contributed by atoms with van der Waals surface area (Å²) in [5.74, 6) is 0.332. The summed E-state index contributed by atoms with van der Waals surface area (Å²) in [6.45, 7) is 3.45. The number of hydrogen-bond acceptors (Lipinski definition) is 7. The van der Waals surface area contributed by atoms with Crippen LogP contribution >= 0.6 is 0 Å². The maximum Gasteiger partial charge on any atom is 0.302 e. The van der Waals surface area contributed by atoms with Crippen LogP contribution in [-0.4, -0.2) is 53.6 Å². The molecule has 0 spiro atoms. The van der Waals surface area contributed by atoms with Gasteiger partial charge in [-0.1, -0.05) is 0 Å². The molecule has 0 amide bonds. The van der Waals surface area contributed by atoms with E-state index in [1.54, 1.807) is 11.9 Å². The van der Waals surface area contributed by atoms with E-state index in [0.717, 1.165) is 25.9 Å². The van der Waals surface area contributed by atoms with E-state index in [0.29, 0.717) is 12.5 Å². The lowest BCUT2D eigenvalue weighted by atomic mass is 9.96. The van der Waals surface area contributed by atoms with E-state index in [1.165, 1.54) is 13.0 Å². The van der Waals surface area contributed by atoms with Gasteiger partial charge < -0.3 is 14.9 Å². The standard InChI is InChI=1S/C16H24N4O5/c1-11-13(10-21)8-14(19(22)23)16(15(11)20(24)25)18(3)9-12-4-6-17(2)7-5-12/h8,12,21H,4-7,9-10H2,1-3H3. The summed E-state index contributed by atoms with van der Waals surface area (Å²) in [4.78, 5) is 25.7. The maximum atomic E-state index is 11.6. The molecule has 0 bridgehead atoms. The SMILES string of the molecule is Cc1c(CO)cc([N+](=O)[O-])c(N(C)CC2CCN(C)CC2)c1[N+](=O)[O-]. The number of aliphatic hydroxyl groups is 1. The first-order valence-corrected chi connectivity index (χ1v) is 8.22. The zero-order valence-electron chi connectivity index (χ0n) is 14.8. The van der Waals surface area contributed by atoms with Crippen LogP contribution < -0.4 is 4.90 Å². The maximum absolute atomic E-state index is 11.6. The summed E-state index contributed by atoms with van der Waals surface area (Å²) < 4.78 is 0. The van der Waals surface area contributed by atoms with Gasteiger partial charge in [0.05, 0.1) is 16.5 Å². The van der Waals surface area contributed by atoms with Gasteiger partial charge in [-0.25, -0.2) is 0 Å². The number of aliphatic hydroxyl groups excluding tert-OH is 1. The normalized spacial score (nSPS) is 16.0. The molecule has 138 valence electrons. The molecule has 0 radical (unpaired) electrons. The van der Waals surface area contributed by atoms with Crippen LogP contribution in [0.25, 0.3) is 0 Å². The number of rotatable bonds is 6. The Kier molecular flexibility index (Phi) is 5.91. The number of nitro groups is 2. The van der Waals surface area contributed by atoms with Crippen LogP contribution in [0.1, 0.15) is 24.0 Å². The van der Waals surface area contributed by atoms with Gasteiger partial charge in [0.1, 0.15) is 0 Å². The highest BCUT2D eigenvalue weighted by Crippen LogP contribution is 2.41. The van der Waals surface area contributed by atoms with Gasteiger partial charge >= 0.3 is 5.69 Å². The molecule has 9 heteroatoms. The minimum atomic E-state index is -0.619. The molecule has 1 aromatic rings. The fourth-order valence-electron chi connectivity index (χ4n) is 3.42. The molecule has 1 saturated heterocycles. The minimum absolute atomic E-state index is 0.0172. The Morgan fingerprint density at radius 3 is 2.36 bits per heavy atom. The fourth-order valence-corrected chi connectivity index (χ4v) is 3.42. The van der Waals surface area contributed by atoms with Crippen LogP contribution in [0.4, 0.5) is 17.1 Å². The van der Waals surface area contributed by atoms with Gasteiger partial charge in [-0.05, 0) is 51.4 Å². The Bertz CT molecular complexity index is 671. The second kappa shape index (κ2) is 7.75. The molecular weight excluding hydrogens is 328 g/mol. The predicted molar refractivity (Wildman–Crippen MR) is 93.9 cm³/mol. The van der Waals surface area contributed by atoms with Crippen molar-refractivity contribution in [3.8, 4) is 0 Å². The van der Waals surface area contributed by atoms with Crippen LogP contribution in [0.2, 0.25) is 0 Å². The zero-order chi connectivity index (χ0) is 18.7.